The quantitative estimate of drug-likeness (QED) is 0.395. The summed E-state index contributed by atoms with van der Waals surface area (Å²) in [7, 11) is 1.77. The maximum atomic E-state index is 11.8. The Bertz CT molecular complexity index is 868. The van der Waals surface area contributed by atoms with Crippen molar-refractivity contribution in [3.05, 3.63) is 32.0 Å². The average Bonchev–Trinajstić information content (AvgIpc) is 3.10. The third-order valence-electron chi connectivity index (χ3n) is 4.38. The molecule has 0 spiro atoms. The number of thiophene rings is 1. The van der Waals surface area contributed by atoms with Crippen molar-refractivity contribution in [3.63, 3.8) is 0 Å². The zero-order valence-corrected chi connectivity index (χ0v) is 21.9. The van der Waals surface area contributed by atoms with Crippen molar-refractivity contribution in [2.24, 2.45) is 7.05 Å². The van der Waals surface area contributed by atoms with Gasteiger partial charge in [-0.25, -0.2) is 4.79 Å². The van der Waals surface area contributed by atoms with E-state index >= 15 is 0 Å². The van der Waals surface area contributed by atoms with E-state index in [1.807, 2.05) is 37.9 Å². The zero-order valence-electron chi connectivity index (χ0n) is 19.5. The standard InChI is InChI=1S/C13H27NO2.C10H10BrNOS/c1-6-8-9-11-14(10-7-2)12(15)16-13(3,4)5;1-3-6-4-7-9(14-6)8(11)5-12(2)10(7)13/h6-11H2,1-5H3;4-5H,3H2,1-2H3. The molecule has 0 radical (unpaired) electrons. The van der Waals surface area contributed by atoms with Crippen LogP contribution in [0.1, 0.15) is 72.1 Å². The van der Waals surface area contributed by atoms with Crippen molar-refractivity contribution in [1.82, 2.24) is 9.47 Å². The van der Waals surface area contributed by atoms with Crippen LogP contribution >= 0.6 is 27.3 Å². The van der Waals surface area contributed by atoms with E-state index in [-0.39, 0.29) is 11.7 Å². The van der Waals surface area contributed by atoms with Crippen LogP contribution in [0.5, 0.6) is 0 Å². The molecule has 170 valence electrons. The minimum absolute atomic E-state index is 0.0825. The number of hydrogen-bond acceptors (Lipinski definition) is 4. The number of hydrogen-bond donors (Lipinski definition) is 0. The van der Waals surface area contributed by atoms with E-state index in [1.54, 1.807) is 23.0 Å². The van der Waals surface area contributed by atoms with Crippen molar-refractivity contribution < 1.29 is 9.53 Å². The molecule has 0 fully saturated rings. The van der Waals surface area contributed by atoms with Gasteiger partial charge in [0.05, 0.1) is 14.6 Å². The van der Waals surface area contributed by atoms with E-state index in [2.05, 4.69) is 36.7 Å². The highest BCUT2D eigenvalue weighted by molar-refractivity contribution is 9.10. The van der Waals surface area contributed by atoms with Gasteiger partial charge >= 0.3 is 6.09 Å². The third-order valence-corrected chi connectivity index (χ3v) is 6.56. The minimum atomic E-state index is -0.395. The molecule has 2 heterocycles. The Kier molecular flexibility index (Phi) is 11.1. The normalized spacial score (nSPS) is 11.2. The second kappa shape index (κ2) is 12.5. The van der Waals surface area contributed by atoms with Gasteiger partial charge in [0.15, 0.2) is 0 Å². The van der Waals surface area contributed by atoms with Crippen LogP contribution in [0, 0.1) is 0 Å². The van der Waals surface area contributed by atoms with Crippen LogP contribution < -0.4 is 5.56 Å². The lowest BCUT2D eigenvalue weighted by atomic mass is 10.2. The number of carbonyl (C=O) groups excluding carboxylic acids is 1. The predicted molar refractivity (Wildman–Crippen MR) is 132 cm³/mol. The fourth-order valence-corrected chi connectivity index (χ4v) is 4.63. The van der Waals surface area contributed by atoms with Gasteiger partial charge in [0.1, 0.15) is 5.60 Å². The molecular formula is C23H37BrN2O3S. The molecule has 0 unspecified atom stereocenters. The molecule has 0 bridgehead atoms. The number of fused-ring (bicyclic) bond motifs is 1. The molecule has 5 nitrogen and oxygen atoms in total. The Morgan fingerprint density at radius 1 is 1.17 bits per heavy atom. The monoisotopic (exact) mass is 500 g/mol. The Labute approximate surface area is 193 Å². The van der Waals surface area contributed by atoms with E-state index in [1.165, 1.54) is 17.7 Å². The zero-order chi connectivity index (χ0) is 22.9. The highest BCUT2D eigenvalue weighted by atomic mass is 79.9. The second-order valence-electron chi connectivity index (χ2n) is 8.38. The van der Waals surface area contributed by atoms with Gasteiger partial charge in [-0.3, -0.25) is 4.79 Å². The lowest BCUT2D eigenvalue weighted by molar-refractivity contribution is 0.0247. The van der Waals surface area contributed by atoms with Crippen molar-refractivity contribution in [2.75, 3.05) is 13.1 Å². The number of rotatable bonds is 7. The molecule has 0 saturated carbocycles. The SMILES string of the molecule is CCCCCN(CCC)C(=O)OC(C)(C)C.CCc1cc2c(=O)n(C)cc(Br)c2s1. The van der Waals surface area contributed by atoms with Gasteiger partial charge in [-0.05, 0) is 62.0 Å². The van der Waals surface area contributed by atoms with E-state index < -0.39 is 5.60 Å². The van der Waals surface area contributed by atoms with Crippen LogP contribution in [0.2, 0.25) is 0 Å². The fraction of sp³-hybridized carbons (Fsp3) is 0.652. The first kappa shape index (κ1) is 26.7. The first-order chi connectivity index (χ1) is 14.0. The van der Waals surface area contributed by atoms with Crippen molar-refractivity contribution in [3.8, 4) is 0 Å². The summed E-state index contributed by atoms with van der Waals surface area (Å²) in [4.78, 5) is 26.7. The Balaban J connectivity index is 0.000000301. The summed E-state index contributed by atoms with van der Waals surface area (Å²) >= 11 is 5.16. The van der Waals surface area contributed by atoms with Gasteiger partial charge in [0.25, 0.3) is 5.56 Å². The Morgan fingerprint density at radius 2 is 1.83 bits per heavy atom. The molecule has 0 aromatic carbocycles. The van der Waals surface area contributed by atoms with Gasteiger partial charge in [-0.1, -0.05) is 33.6 Å². The summed E-state index contributed by atoms with van der Waals surface area (Å²) in [5.74, 6) is 0. The minimum Gasteiger partial charge on any atom is -0.444 e. The largest absolute Gasteiger partial charge is 0.444 e. The number of amides is 1. The van der Waals surface area contributed by atoms with E-state index in [0.717, 1.165) is 46.9 Å². The summed E-state index contributed by atoms with van der Waals surface area (Å²) in [6.45, 7) is 13.7. The van der Waals surface area contributed by atoms with Gasteiger partial charge < -0.3 is 14.2 Å². The lowest BCUT2D eigenvalue weighted by Gasteiger charge is -2.27. The highest BCUT2D eigenvalue weighted by Crippen LogP contribution is 2.29. The van der Waals surface area contributed by atoms with Gasteiger partial charge in [-0.15, -0.1) is 11.3 Å². The Morgan fingerprint density at radius 3 is 2.37 bits per heavy atom. The third kappa shape index (κ3) is 8.42. The Hall–Kier alpha value is -1.34. The summed E-state index contributed by atoms with van der Waals surface area (Å²) < 4.78 is 9.04. The lowest BCUT2D eigenvalue weighted by Crippen LogP contribution is -2.37. The number of halogens is 1. The molecule has 0 saturated heterocycles. The molecule has 0 N–H and O–H groups in total. The van der Waals surface area contributed by atoms with Gasteiger partial charge in [-0.2, -0.15) is 0 Å². The molecule has 2 aromatic heterocycles. The topological polar surface area (TPSA) is 51.5 Å². The summed E-state index contributed by atoms with van der Waals surface area (Å²) in [5.41, 5.74) is -0.312. The van der Waals surface area contributed by atoms with E-state index in [4.69, 9.17) is 4.74 Å². The summed E-state index contributed by atoms with van der Waals surface area (Å²) in [6.07, 6.45) is 7.01. The second-order valence-corrected chi connectivity index (χ2v) is 10.4. The number of unbranched alkanes of at least 4 members (excludes halogenated alkanes) is 2. The van der Waals surface area contributed by atoms with Gasteiger partial charge in [0.2, 0.25) is 0 Å². The fourth-order valence-electron chi connectivity index (χ4n) is 2.87. The number of aryl methyl sites for hydroxylation is 2. The van der Waals surface area contributed by atoms with Crippen LogP contribution in [0.15, 0.2) is 21.5 Å². The number of ether oxygens (including phenoxy) is 1. The molecule has 0 aliphatic rings. The van der Waals surface area contributed by atoms with E-state index in [9.17, 15) is 9.59 Å². The van der Waals surface area contributed by atoms with Crippen LogP contribution in [0.4, 0.5) is 4.79 Å². The molecule has 2 rings (SSSR count). The first-order valence-electron chi connectivity index (χ1n) is 10.8. The maximum absolute atomic E-state index is 11.8. The number of aromatic nitrogens is 1. The van der Waals surface area contributed by atoms with Crippen molar-refractivity contribution in [2.45, 2.75) is 79.2 Å². The predicted octanol–water partition coefficient (Wildman–Crippen LogP) is 6.75. The van der Waals surface area contributed by atoms with Crippen LogP contribution in [-0.4, -0.2) is 34.3 Å². The van der Waals surface area contributed by atoms with Crippen molar-refractivity contribution in [1.29, 1.82) is 0 Å². The molecule has 2 aromatic rings. The van der Waals surface area contributed by atoms with Gasteiger partial charge in [0, 0.05) is 31.2 Å². The van der Waals surface area contributed by atoms with Crippen molar-refractivity contribution >= 4 is 43.4 Å². The number of pyridine rings is 1. The smallest absolute Gasteiger partial charge is 0.410 e. The molecular weight excluding hydrogens is 464 g/mol. The maximum Gasteiger partial charge on any atom is 0.410 e. The molecule has 0 atom stereocenters. The average molecular weight is 502 g/mol. The first-order valence-corrected chi connectivity index (χ1v) is 12.4. The molecule has 0 aliphatic heterocycles. The van der Waals surface area contributed by atoms with Crippen LogP contribution in [0.25, 0.3) is 10.1 Å². The highest BCUT2D eigenvalue weighted by Gasteiger charge is 2.21. The summed E-state index contributed by atoms with van der Waals surface area (Å²) in [5, 5.41) is 0.823. The number of carbonyl (C=O) groups is 1. The molecule has 30 heavy (non-hydrogen) atoms. The van der Waals surface area contributed by atoms with Crippen LogP contribution in [-0.2, 0) is 18.2 Å². The molecule has 0 aliphatic carbocycles. The van der Waals surface area contributed by atoms with E-state index in [0.29, 0.717) is 0 Å². The number of nitrogens with zero attached hydrogens (tertiary/aromatic N) is 2. The summed E-state index contributed by atoms with van der Waals surface area (Å²) in [6, 6.07) is 1.99. The molecule has 1 amide bonds. The van der Waals surface area contributed by atoms with Crippen LogP contribution in [0.3, 0.4) is 0 Å². The molecule has 7 heteroatoms.